The summed E-state index contributed by atoms with van der Waals surface area (Å²) in [5, 5.41) is 6.81. The molecular weight excluding hydrogens is 462 g/mol. The second kappa shape index (κ2) is 11.3. The van der Waals surface area contributed by atoms with Crippen LogP contribution in [0.15, 0.2) is 121 Å². The number of hydrogen-bond acceptors (Lipinski definition) is 3. The average molecular weight is 490 g/mol. The summed E-state index contributed by atoms with van der Waals surface area (Å²) in [5.41, 5.74) is 4.25. The molecule has 0 saturated carbocycles. The number of hydrogen-bond donors (Lipinski definition) is 3. The highest BCUT2D eigenvalue weighted by atomic mass is 16.5. The number of carbonyl (C=O) groups is 2. The van der Waals surface area contributed by atoms with Gasteiger partial charge in [0.2, 0.25) is 5.91 Å². The molecule has 6 nitrogen and oxygen atoms in total. The van der Waals surface area contributed by atoms with E-state index in [1.54, 1.807) is 0 Å². The molecule has 0 spiro atoms. The van der Waals surface area contributed by atoms with Crippen LogP contribution in [0.4, 0.5) is 10.5 Å². The Labute approximate surface area is 215 Å². The van der Waals surface area contributed by atoms with Crippen LogP contribution in [0.1, 0.15) is 22.6 Å². The van der Waals surface area contributed by atoms with Crippen molar-refractivity contribution in [3.63, 3.8) is 0 Å². The molecule has 37 heavy (non-hydrogen) atoms. The summed E-state index contributed by atoms with van der Waals surface area (Å²) in [6, 6.07) is 35.3. The predicted molar refractivity (Wildman–Crippen MR) is 145 cm³/mol. The van der Waals surface area contributed by atoms with Gasteiger partial charge in [0.05, 0.1) is 0 Å². The van der Waals surface area contributed by atoms with E-state index in [2.05, 4.69) is 15.6 Å². The highest BCUT2D eigenvalue weighted by Gasteiger charge is 2.34. The largest absolute Gasteiger partial charge is 0.445 e. The minimum Gasteiger partial charge on any atom is -0.445 e. The number of anilines is 1. The molecular formula is C31H27N3O3. The van der Waals surface area contributed by atoms with E-state index in [0.717, 1.165) is 27.6 Å². The maximum Gasteiger partial charge on any atom is 0.408 e. The van der Waals surface area contributed by atoms with E-state index in [0.29, 0.717) is 5.69 Å². The summed E-state index contributed by atoms with van der Waals surface area (Å²) in [6.07, 6.45) is 1.24. The van der Waals surface area contributed by atoms with Crippen LogP contribution >= 0.6 is 0 Å². The van der Waals surface area contributed by atoms with Crippen molar-refractivity contribution in [1.29, 1.82) is 0 Å². The molecule has 0 aliphatic carbocycles. The first-order valence-electron chi connectivity index (χ1n) is 12.1. The van der Waals surface area contributed by atoms with Crippen LogP contribution in [0.2, 0.25) is 0 Å². The molecule has 5 aromatic rings. The zero-order chi connectivity index (χ0) is 25.5. The summed E-state index contributed by atoms with van der Waals surface area (Å²) >= 11 is 0. The molecule has 1 aromatic heterocycles. The van der Waals surface area contributed by atoms with Gasteiger partial charge in [-0.3, -0.25) is 4.79 Å². The van der Waals surface area contributed by atoms with Crippen LogP contribution in [-0.2, 0) is 16.1 Å². The molecule has 0 aliphatic rings. The first-order valence-corrected chi connectivity index (χ1v) is 12.1. The van der Waals surface area contributed by atoms with Crippen molar-refractivity contribution in [2.45, 2.75) is 18.6 Å². The highest BCUT2D eigenvalue weighted by molar-refractivity contribution is 5.98. The zero-order valence-corrected chi connectivity index (χ0v) is 20.1. The van der Waals surface area contributed by atoms with Gasteiger partial charge >= 0.3 is 6.09 Å². The van der Waals surface area contributed by atoms with E-state index in [9.17, 15) is 9.59 Å². The monoisotopic (exact) mass is 489 g/mol. The molecule has 0 unspecified atom stereocenters. The molecule has 6 heteroatoms. The third-order valence-corrected chi connectivity index (χ3v) is 6.26. The van der Waals surface area contributed by atoms with Gasteiger partial charge in [0, 0.05) is 28.7 Å². The minimum atomic E-state index is -0.954. The first-order chi connectivity index (χ1) is 18.2. The standard InChI is InChI=1S/C31H27N3O3/c35-30(33-24-16-8-3-9-17-24)29(34-31(36)37-21-22-12-4-1-5-13-22)28(23-14-6-2-7-15-23)26-20-32-27-19-11-10-18-25(26)27/h1-20,28-29,32H,21H2,(H,33,35)(H,34,36)/t28-,29-/m0/s1. The summed E-state index contributed by atoms with van der Waals surface area (Å²) in [7, 11) is 0. The molecule has 0 saturated heterocycles. The molecule has 2 amide bonds. The van der Waals surface area contributed by atoms with E-state index in [1.807, 2.05) is 121 Å². The number of alkyl carbamates (subject to hydrolysis) is 1. The van der Waals surface area contributed by atoms with Gasteiger partial charge in [-0.25, -0.2) is 4.79 Å². The molecule has 5 rings (SSSR count). The fraction of sp³-hybridized carbons (Fsp3) is 0.0968. The van der Waals surface area contributed by atoms with Crippen molar-refractivity contribution >= 4 is 28.6 Å². The number of amides is 2. The Morgan fingerprint density at radius 3 is 2.11 bits per heavy atom. The molecule has 0 bridgehead atoms. The number of aromatic nitrogens is 1. The lowest BCUT2D eigenvalue weighted by Gasteiger charge is -2.27. The fourth-order valence-corrected chi connectivity index (χ4v) is 4.50. The molecule has 184 valence electrons. The lowest BCUT2D eigenvalue weighted by Crippen LogP contribution is -2.48. The van der Waals surface area contributed by atoms with Gasteiger partial charge in [-0.05, 0) is 34.9 Å². The van der Waals surface area contributed by atoms with Crippen LogP contribution < -0.4 is 10.6 Å². The Balaban J connectivity index is 1.51. The number of carbonyl (C=O) groups excluding carboxylic acids is 2. The number of aromatic amines is 1. The zero-order valence-electron chi connectivity index (χ0n) is 20.1. The lowest BCUT2D eigenvalue weighted by molar-refractivity contribution is -0.118. The summed E-state index contributed by atoms with van der Waals surface area (Å²) < 4.78 is 5.51. The predicted octanol–water partition coefficient (Wildman–Crippen LogP) is 6.23. The van der Waals surface area contributed by atoms with Crippen molar-refractivity contribution in [3.8, 4) is 0 Å². The second-order valence-corrected chi connectivity index (χ2v) is 8.72. The van der Waals surface area contributed by atoms with Gasteiger partial charge in [-0.15, -0.1) is 0 Å². The molecule has 3 N–H and O–H groups in total. The Morgan fingerprint density at radius 2 is 1.38 bits per heavy atom. The number of H-pyrrole nitrogens is 1. The van der Waals surface area contributed by atoms with Gasteiger partial charge in [0.25, 0.3) is 0 Å². The Kier molecular flexibility index (Phi) is 7.27. The van der Waals surface area contributed by atoms with Crippen LogP contribution in [0.25, 0.3) is 10.9 Å². The molecule has 0 fully saturated rings. The van der Waals surface area contributed by atoms with Crippen LogP contribution in [0, 0.1) is 0 Å². The van der Waals surface area contributed by atoms with Gasteiger partial charge in [-0.2, -0.15) is 0 Å². The van der Waals surface area contributed by atoms with Crippen LogP contribution in [0.3, 0.4) is 0 Å². The maximum absolute atomic E-state index is 13.8. The minimum absolute atomic E-state index is 0.1000. The number of nitrogens with one attached hydrogen (secondary N) is 3. The topological polar surface area (TPSA) is 83.2 Å². The molecule has 0 aliphatic heterocycles. The van der Waals surface area contributed by atoms with Gasteiger partial charge in [-0.1, -0.05) is 97.1 Å². The fourth-order valence-electron chi connectivity index (χ4n) is 4.50. The maximum atomic E-state index is 13.8. The van der Waals surface area contributed by atoms with Gasteiger partial charge in [0.15, 0.2) is 0 Å². The van der Waals surface area contributed by atoms with E-state index in [1.165, 1.54) is 0 Å². The molecule has 2 atom stereocenters. The third-order valence-electron chi connectivity index (χ3n) is 6.26. The molecule has 1 heterocycles. The second-order valence-electron chi connectivity index (χ2n) is 8.72. The highest BCUT2D eigenvalue weighted by Crippen LogP contribution is 2.34. The quantitative estimate of drug-likeness (QED) is 0.241. The summed E-state index contributed by atoms with van der Waals surface area (Å²) in [4.78, 5) is 30.1. The van der Waals surface area contributed by atoms with E-state index < -0.39 is 18.1 Å². The van der Waals surface area contributed by atoms with Crippen molar-refractivity contribution < 1.29 is 14.3 Å². The summed E-state index contributed by atoms with van der Waals surface area (Å²) in [5.74, 6) is -0.827. The van der Waals surface area contributed by atoms with Crippen molar-refractivity contribution in [2.24, 2.45) is 0 Å². The number of benzene rings is 4. The third kappa shape index (κ3) is 5.70. The van der Waals surface area contributed by atoms with E-state index in [-0.39, 0.29) is 12.5 Å². The number of ether oxygens (including phenoxy) is 1. The molecule has 0 radical (unpaired) electrons. The van der Waals surface area contributed by atoms with Gasteiger partial charge in [0.1, 0.15) is 12.6 Å². The SMILES string of the molecule is O=C(N[C@H](C(=O)Nc1ccccc1)[C@@H](c1ccccc1)c1c[nH]c2ccccc12)OCc1ccccc1. The smallest absolute Gasteiger partial charge is 0.408 e. The first kappa shape index (κ1) is 23.9. The lowest BCUT2D eigenvalue weighted by atomic mass is 9.84. The average Bonchev–Trinajstić information content (AvgIpc) is 3.37. The molecule has 4 aromatic carbocycles. The van der Waals surface area contributed by atoms with Crippen LogP contribution in [-0.4, -0.2) is 23.0 Å². The van der Waals surface area contributed by atoms with Gasteiger partial charge < -0.3 is 20.4 Å². The summed E-state index contributed by atoms with van der Waals surface area (Å²) in [6.45, 7) is 0.1000. The number of rotatable bonds is 8. The normalized spacial score (nSPS) is 12.4. The van der Waals surface area contributed by atoms with Crippen molar-refractivity contribution in [2.75, 3.05) is 5.32 Å². The number of fused-ring (bicyclic) bond motifs is 1. The Morgan fingerprint density at radius 1 is 0.757 bits per heavy atom. The van der Waals surface area contributed by atoms with E-state index >= 15 is 0 Å². The van der Waals surface area contributed by atoms with Crippen molar-refractivity contribution in [1.82, 2.24) is 10.3 Å². The Bertz CT molecular complexity index is 1470. The van der Waals surface area contributed by atoms with E-state index in [4.69, 9.17) is 4.74 Å². The Hall–Kier alpha value is -4.84. The van der Waals surface area contributed by atoms with Crippen molar-refractivity contribution in [3.05, 3.63) is 138 Å². The number of para-hydroxylation sites is 2. The van der Waals surface area contributed by atoms with Crippen LogP contribution in [0.5, 0.6) is 0 Å².